The number of nitrogens with one attached hydrogen (secondary N) is 1. The van der Waals surface area contributed by atoms with Crippen LogP contribution >= 0.6 is 0 Å². The summed E-state index contributed by atoms with van der Waals surface area (Å²) in [5.74, 6) is -0.315. The van der Waals surface area contributed by atoms with Gasteiger partial charge in [-0.15, -0.1) is 0 Å². The number of carbonyl (C=O) groups excluding carboxylic acids is 2. The van der Waals surface area contributed by atoms with Crippen molar-refractivity contribution in [3.8, 4) is 0 Å². The molecular weight excluding hydrogens is 257 g/mol. The molecule has 0 aliphatic carbocycles. The van der Waals surface area contributed by atoms with Crippen molar-refractivity contribution in [1.82, 2.24) is 5.32 Å². The van der Waals surface area contributed by atoms with Gasteiger partial charge in [-0.05, 0) is 5.41 Å². The van der Waals surface area contributed by atoms with Crippen LogP contribution in [0.3, 0.4) is 0 Å². The van der Waals surface area contributed by atoms with Crippen LogP contribution in [-0.2, 0) is 9.59 Å². The highest BCUT2D eigenvalue weighted by Crippen LogP contribution is 2.39. The van der Waals surface area contributed by atoms with Gasteiger partial charge >= 0.3 is 0 Å². The Bertz CT molecular complexity index is 362. The Morgan fingerprint density at radius 2 is 1.45 bits per heavy atom. The van der Waals surface area contributed by atoms with Gasteiger partial charge in [-0.1, -0.05) is 55.4 Å². The average molecular weight is 287 g/mol. The van der Waals surface area contributed by atoms with Crippen LogP contribution in [0.4, 0.5) is 4.39 Å². The zero-order valence-electron chi connectivity index (χ0n) is 14.2. The van der Waals surface area contributed by atoms with Crippen LogP contribution in [0, 0.1) is 16.2 Å². The molecule has 0 saturated heterocycles. The molecule has 20 heavy (non-hydrogen) atoms. The van der Waals surface area contributed by atoms with Crippen molar-refractivity contribution in [2.45, 2.75) is 68.0 Å². The molecule has 3 nitrogen and oxygen atoms in total. The highest BCUT2D eigenvalue weighted by Gasteiger charge is 2.40. The van der Waals surface area contributed by atoms with E-state index in [0.717, 1.165) is 0 Å². The quantitative estimate of drug-likeness (QED) is 0.841. The molecule has 0 heterocycles. The van der Waals surface area contributed by atoms with Gasteiger partial charge < -0.3 is 5.32 Å². The van der Waals surface area contributed by atoms with E-state index >= 15 is 0 Å². The van der Waals surface area contributed by atoms with Crippen LogP contribution in [0.1, 0.15) is 61.8 Å². The van der Waals surface area contributed by atoms with Gasteiger partial charge in [0.15, 0.2) is 0 Å². The number of hydrogen-bond acceptors (Lipinski definition) is 2. The van der Waals surface area contributed by atoms with Gasteiger partial charge in [0.1, 0.15) is 12.0 Å². The molecule has 0 unspecified atom stereocenters. The van der Waals surface area contributed by atoms with E-state index in [0.29, 0.717) is 0 Å². The molecule has 0 radical (unpaired) electrons. The number of alkyl halides is 1. The zero-order valence-corrected chi connectivity index (χ0v) is 14.2. The van der Waals surface area contributed by atoms with Gasteiger partial charge in [0.25, 0.3) is 0 Å². The van der Waals surface area contributed by atoms with Crippen molar-refractivity contribution in [2.75, 3.05) is 6.54 Å². The number of halogens is 1. The van der Waals surface area contributed by atoms with E-state index in [2.05, 4.69) is 5.32 Å². The van der Waals surface area contributed by atoms with Crippen LogP contribution in [0.2, 0.25) is 0 Å². The molecule has 118 valence electrons. The lowest BCUT2D eigenvalue weighted by Crippen LogP contribution is -2.42. The number of hydrogen-bond donors (Lipinski definition) is 1. The normalized spacial score (nSPS) is 14.8. The first-order chi connectivity index (χ1) is 8.69. The Hall–Kier alpha value is -0.930. The van der Waals surface area contributed by atoms with E-state index in [1.54, 1.807) is 20.8 Å². The molecule has 0 rings (SSSR count). The van der Waals surface area contributed by atoms with E-state index in [-0.39, 0.29) is 30.1 Å². The highest BCUT2D eigenvalue weighted by atomic mass is 19.1. The summed E-state index contributed by atoms with van der Waals surface area (Å²) >= 11 is 0. The summed E-state index contributed by atoms with van der Waals surface area (Å²) < 4.78 is 13.9. The molecule has 0 aliphatic heterocycles. The van der Waals surface area contributed by atoms with Gasteiger partial charge in [-0.2, -0.15) is 0 Å². The Morgan fingerprint density at radius 3 is 1.80 bits per heavy atom. The lowest BCUT2D eigenvalue weighted by atomic mass is 9.66. The second-order valence-corrected chi connectivity index (χ2v) is 8.06. The minimum absolute atomic E-state index is 0.109. The van der Waals surface area contributed by atoms with Crippen molar-refractivity contribution < 1.29 is 14.0 Å². The lowest BCUT2D eigenvalue weighted by Gasteiger charge is -2.37. The molecule has 0 bridgehead atoms. The fraction of sp³-hybridized carbons (Fsp3) is 0.875. The second-order valence-electron chi connectivity index (χ2n) is 8.06. The largest absolute Gasteiger partial charge is 0.353 e. The Labute approximate surface area is 122 Å². The topological polar surface area (TPSA) is 46.2 Å². The Balaban J connectivity index is 4.46. The van der Waals surface area contributed by atoms with E-state index in [1.807, 2.05) is 34.6 Å². The third-order valence-electron chi connectivity index (χ3n) is 4.14. The molecule has 0 spiro atoms. The standard InChI is InChI=1S/C16H30FNO2/c1-14(2,3)13(20)18-10-11(17)9-12(19)16(7,8)15(4,5)6/h11H,9-10H2,1-8H3,(H,18,20)/t11-/m1/s1. The summed E-state index contributed by atoms with van der Waals surface area (Å²) in [4.78, 5) is 23.9. The van der Waals surface area contributed by atoms with Crippen molar-refractivity contribution in [1.29, 1.82) is 0 Å². The van der Waals surface area contributed by atoms with Gasteiger partial charge in [-0.3, -0.25) is 9.59 Å². The van der Waals surface area contributed by atoms with Crippen molar-refractivity contribution in [3.63, 3.8) is 0 Å². The summed E-state index contributed by atoms with van der Waals surface area (Å²) in [6.07, 6.45) is -1.50. The number of carbonyl (C=O) groups is 2. The number of ketones is 1. The summed E-state index contributed by atoms with van der Waals surface area (Å²) in [6.45, 7) is 14.8. The summed E-state index contributed by atoms with van der Waals surface area (Å²) in [7, 11) is 0. The first-order valence-corrected chi connectivity index (χ1v) is 7.15. The maximum absolute atomic E-state index is 13.9. The van der Waals surface area contributed by atoms with Gasteiger partial charge in [-0.25, -0.2) is 4.39 Å². The summed E-state index contributed by atoms with van der Waals surface area (Å²) in [5.41, 5.74) is -1.36. The highest BCUT2D eigenvalue weighted by molar-refractivity contribution is 5.85. The maximum Gasteiger partial charge on any atom is 0.225 e. The van der Waals surface area contributed by atoms with E-state index in [1.165, 1.54) is 0 Å². The fourth-order valence-corrected chi connectivity index (χ4v) is 1.42. The third kappa shape index (κ3) is 5.22. The molecule has 1 atom stereocenters. The minimum Gasteiger partial charge on any atom is -0.353 e. The first kappa shape index (κ1) is 19.1. The Morgan fingerprint density at radius 1 is 1.00 bits per heavy atom. The SMILES string of the molecule is CC(C)(C)C(=O)NC[C@H](F)CC(=O)C(C)(C)C(C)(C)C. The van der Waals surface area contributed by atoms with E-state index < -0.39 is 17.0 Å². The summed E-state index contributed by atoms with van der Waals surface area (Å²) in [5, 5.41) is 2.55. The van der Waals surface area contributed by atoms with Crippen molar-refractivity contribution in [2.24, 2.45) is 16.2 Å². The molecule has 4 heteroatoms. The molecule has 1 amide bonds. The monoisotopic (exact) mass is 287 g/mol. The van der Waals surface area contributed by atoms with Crippen molar-refractivity contribution in [3.05, 3.63) is 0 Å². The predicted molar refractivity (Wildman–Crippen MR) is 80.2 cm³/mol. The molecule has 0 aliphatic rings. The summed E-state index contributed by atoms with van der Waals surface area (Å²) in [6, 6.07) is 0. The molecule has 0 aromatic rings. The van der Waals surface area contributed by atoms with Crippen LogP contribution in [0.15, 0.2) is 0 Å². The zero-order chi connectivity index (χ0) is 16.4. The Kier molecular flexibility index (Phi) is 5.94. The van der Waals surface area contributed by atoms with Gasteiger partial charge in [0.2, 0.25) is 5.91 Å². The van der Waals surface area contributed by atoms with E-state index in [9.17, 15) is 14.0 Å². The lowest BCUT2D eigenvalue weighted by molar-refractivity contribution is -0.134. The van der Waals surface area contributed by atoms with Crippen LogP contribution in [-0.4, -0.2) is 24.4 Å². The minimum atomic E-state index is -1.34. The molecule has 0 aromatic carbocycles. The smallest absolute Gasteiger partial charge is 0.225 e. The van der Waals surface area contributed by atoms with Crippen molar-refractivity contribution >= 4 is 11.7 Å². The van der Waals surface area contributed by atoms with Gasteiger partial charge in [0, 0.05) is 23.8 Å². The van der Waals surface area contributed by atoms with Crippen LogP contribution in [0.5, 0.6) is 0 Å². The van der Waals surface area contributed by atoms with Crippen LogP contribution in [0.25, 0.3) is 0 Å². The predicted octanol–water partition coefficient (Wildman–Crippen LogP) is 3.52. The average Bonchev–Trinajstić information content (AvgIpc) is 2.22. The molecule has 0 fully saturated rings. The molecule has 0 saturated carbocycles. The second kappa shape index (κ2) is 6.23. The fourth-order valence-electron chi connectivity index (χ4n) is 1.42. The molecular formula is C16H30FNO2. The number of Topliss-reactive ketones (excluding diaryl/α,β-unsaturated/α-hetero) is 1. The van der Waals surface area contributed by atoms with Gasteiger partial charge in [0.05, 0.1) is 0 Å². The molecule has 0 aromatic heterocycles. The molecule has 1 N–H and O–H groups in total. The number of rotatable bonds is 5. The number of amides is 1. The maximum atomic E-state index is 13.9. The first-order valence-electron chi connectivity index (χ1n) is 7.15. The third-order valence-corrected chi connectivity index (χ3v) is 4.14. The van der Waals surface area contributed by atoms with Crippen LogP contribution < -0.4 is 5.32 Å². The van der Waals surface area contributed by atoms with E-state index in [4.69, 9.17) is 0 Å².